The zero-order chi connectivity index (χ0) is 9.19. The Hall–Kier alpha value is 0.830. The fraction of sp³-hybridized carbons (Fsp3) is 1.00. The van der Waals surface area contributed by atoms with Crippen LogP contribution in [0.5, 0.6) is 0 Å². The van der Waals surface area contributed by atoms with Crippen molar-refractivity contribution in [2.24, 2.45) is 0 Å². The van der Waals surface area contributed by atoms with Gasteiger partial charge >= 0.3 is 29.6 Å². The number of morpholine rings is 1. The van der Waals surface area contributed by atoms with Crippen molar-refractivity contribution in [2.45, 2.75) is 12.3 Å². The Morgan fingerprint density at radius 3 is 2.23 bits per heavy atom. The number of nitrogens with zero attached hydrogens (tertiary/aromatic N) is 1. The minimum atomic E-state index is -4.18. The van der Waals surface area contributed by atoms with Gasteiger partial charge in [-0.05, 0) is 6.92 Å². The van der Waals surface area contributed by atoms with Gasteiger partial charge in [0.05, 0.1) is 18.6 Å². The van der Waals surface area contributed by atoms with E-state index >= 15 is 0 Å². The molecule has 0 aromatic carbocycles. The predicted molar refractivity (Wildman–Crippen MR) is 41.6 cm³/mol. The molecule has 1 unspecified atom stereocenters. The molecule has 5 nitrogen and oxygen atoms in total. The van der Waals surface area contributed by atoms with E-state index in [1.54, 1.807) is 4.90 Å². The van der Waals surface area contributed by atoms with Crippen LogP contribution in [0.1, 0.15) is 6.92 Å². The second-order valence-electron chi connectivity index (χ2n) is 2.74. The topological polar surface area (TPSA) is 69.7 Å². The van der Waals surface area contributed by atoms with Gasteiger partial charge in [0.1, 0.15) is 10.1 Å². The van der Waals surface area contributed by atoms with Gasteiger partial charge in [-0.15, -0.1) is 0 Å². The van der Waals surface area contributed by atoms with Gasteiger partial charge in [-0.2, -0.15) is 0 Å². The molecule has 0 radical (unpaired) electrons. The summed E-state index contributed by atoms with van der Waals surface area (Å²) in [6, 6.07) is 0. The van der Waals surface area contributed by atoms with Gasteiger partial charge in [0, 0.05) is 13.1 Å². The first-order valence-electron chi connectivity index (χ1n) is 3.78. The number of hydrogen-bond acceptors (Lipinski definition) is 5. The minimum absolute atomic E-state index is 0. The Kier molecular flexibility index (Phi) is 6.01. The van der Waals surface area contributed by atoms with Crippen LogP contribution >= 0.6 is 0 Å². The minimum Gasteiger partial charge on any atom is -0.747 e. The van der Waals surface area contributed by atoms with E-state index in [9.17, 15) is 13.0 Å². The van der Waals surface area contributed by atoms with Gasteiger partial charge in [-0.3, -0.25) is 4.90 Å². The summed E-state index contributed by atoms with van der Waals surface area (Å²) in [5.74, 6) is 0. The first kappa shape index (κ1) is 13.8. The smallest absolute Gasteiger partial charge is 0.747 e. The molecule has 0 aromatic heterocycles. The van der Waals surface area contributed by atoms with Crippen molar-refractivity contribution in [3.63, 3.8) is 0 Å². The third kappa shape index (κ3) is 4.24. The van der Waals surface area contributed by atoms with Crippen LogP contribution in [0.25, 0.3) is 0 Å². The average molecular weight is 217 g/mol. The van der Waals surface area contributed by atoms with Gasteiger partial charge in [-0.25, -0.2) is 8.42 Å². The number of ether oxygens (including phenoxy) is 1. The second-order valence-corrected chi connectivity index (χ2v) is 4.41. The van der Waals surface area contributed by atoms with Gasteiger partial charge in [0.2, 0.25) is 0 Å². The van der Waals surface area contributed by atoms with Crippen molar-refractivity contribution in [3.05, 3.63) is 0 Å². The SMILES string of the molecule is CC(N1CCOCC1)S(=O)(=O)[O-].[Na+]. The van der Waals surface area contributed by atoms with Gasteiger partial charge < -0.3 is 9.29 Å². The van der Waals surface area contributed by atoms with Crippen LogP contribution in [0.15, 0.2) is 0 Å². The molecule has 0 aromatic rings. The van der Waals surface area contributed by atoms with E-state index in [1.165, 1.54) is 6.92 Å². The Morgan fingerprint density at radius 2 is 1.85 bits per heavy atom. The summed E-state index contributed by atoms with van der Waals surface area (Å²) in [5.41, 5.74) is 0. The third-order valence-corrected chi connectivity index (χ3v) is 3.11. The molecule has 0 spiro atoms. The first-order valence-corrected chi connectivity index (χ1v) is 5.25. The van der Waals surface area contributed by atoms with Crippen LogP contribution in [0.2, 0.25) is 0 Å². The fourth-order valence-corrected chi connectivity index (χ4v) is 1.70. The summed E-state index contributed by atoms with van der Waals surface area (Å²) in [6.07, 6.45) is 0. The van der Waals surface area contributed by atoms with Gasteiger partial charge in [0.15, 0.2) is 0 Å². The molecule has 1 heterocycles. The third-order valence-electron chi connectivity index (χ3n) is 1.98. The average Bonchev–Trinajstić information content (AvgIpc) is 2.03. The van der Waals surface area contributed by atoms with Crippen LogP contribution < -0.4 is 29.6 Å². The molecule has 0 bridgehead atoms. The fourth-order valence-electron chi connectivity index (χ4n) is 1.12. The van der Waals surface area contributed by atoms with Crippen molar-refractivity contribution >= 4 is 10.1 Å². The molecule has 1 rings (SSSR count). The monoisotopic (exact) mass is 217 g/mol. The second kappa shape index (κ2) is 5.65. The maximum Gasteiger partial charge on any atom is 1.00 e. The predicted octanol–water partition coefficient (Wildman–Crippen LogP) is -3.79. The van der Waals surface area contributed by atoms with Crippen molar-refractivity contribution < 1.29 is 47.3 Å². The Bertz CT molecular complexity index is 237. The van der Waals surface area contributed by atoms with E-state index in [0.717, 1.165) is 0 Å². The zero-order valence-corrected chi connectivity index (χ0v) is 10.7. The number of hydrogen-bond donors (Lipinski definition) is 0. The quantitative estimate of drug-likeness (QED) is 0.350. The molecule has 1 fully saturated rings. The molecule has 0 N–H and O–H groups in total. The standard InChI is InChI=1S/C6H13NO4S.Na/c1-6(12(8,9)10)7-2-4-11-5-3-7;/h6H,2-5H2,1H3,(H,8,9,10);/q;+1/p-1. The summed E-state index contributed by atoms with van der Waals surface area (Å²) in [7, 11) is -4.18. The molecule has 0 amide bonds. The maximum atomic E-state index is 10.6. The van der Waals surface area contributed by atoms with E-state index in [2.05, 4.69) is 0 Å². The molecule has 1 aliphatic heterocycles. The van der Waals surface area contributed by atoms with E-state index in [1.807, 2.05) is 0 Å². The summed E-state index contributed by atoms with van der Waals surface area (Å²) in [5, 5.41) is -0.929. The number of rotatable bonds is 2. The van der Waals surface area contributed by atoms with Gasteiger partial charge in [-0.1, -0.05) is 0 Å². The largest absolute Gasteiger partial charge is 1.00 e. The van der Waals surface area contributed by atoms with E-state index in [-0.39, 0.29) is 29.6 Å². The zero-order valence-electron chi connectivity index (χ0n) is 7.89. The van der Waals surface area contributed by atoms with E-state index in [4.69, 9.17) is 4.74 Å². The van der Waals surface area contributed by atoms with Crippen LogP contribution in [-0.2, 0) is 14.9 Å². The van der Waals surface area contributed by atoms with Crippen LogP contribution in [0.4, 0.5) is 0 Å². The van der Waals surface area contributed by atoms with Gasteiger partial charge in [0.25, 0.3) is 0 Å². The van der Waals surface area contributed by atoms with E-state index < -0.39 is 15.5 Å². The molecule has 1 saturated heterocycles. The molecule has 7 heteroatoms. The van der Waals surface area contributed by atoms with Crippen LogP contribution in [0, 0.1) is 0 Å². The maximum absolute atomic E-state index is 10.6. The Labute approximate surface area is 100 Å². The van der Waals surface area contributed by atoms with Crippen LogP contribution in [0.3, 0.4) is 0 Å². The Morgan fingerprint density at radius 1 is 1.38 bits per heavy atom. The van der Waals surface area contributed by atoms with Crippen LogP contribution in [-0.4, -0.2) is 49.5 Å². The van der Waals surface area contributed by atoms with E-state index in [0.29, 0.717) is 26.3 Å². The molecular weight excluding hydrogens is 205 g/mol. The summed E-state index contributed by atoms with van der Waals surface area (Å²) >= 11 is 0. The first-order chi connectivity index (χ1) is 5.52. The molecule has 0 saturated carbocycles. The van der Waals surface area contributed by atoms with Crippen molar-refractivity contribution in [1.82, 2.24) is 4.90 Å². The molecule has 0 aliphatic carbocycles. The normalized spacial score (nSPS) is 22.0. The molecule has 1 atom stereocenters. The molecular formula is C6H12NNaO4S. The summed E-state index contributed by atoms with van der Waals surface area (Å²) in [6.45, 7) is 3.44. The van der Waals surface area contributed by atoms with Crippen molar-refractivity contribution in [3.8, 4) is 0 Å². The van der Waals surface area contributed by atoms with Crippen molar-refractivity contribution in [2.75, 3.05) is 26.3 Å². The van der Waals surface area contributed by atoms with Crippen molar-refractivity contribution in [1.29, 1.82) is 0 Å². The molecule has 13 heavy (non-hydrogen) atoms. The summed E-state index contributed by atoms with van der Waals surface area (Å²) < 4.78 is 36.8. The summed E-state index contributed by atoms with van der Waals surface area (Å²) in [4.78, 5) is 1.62. The Balaban J connectivity index is 0.00000144. The molecule has 72 valence electrons. The molecule has 1 aliphatic rings.